The Bertz CT molecular complexity index is 1170. The molecular weight excluding hydrogens is 370 g/mol. The van der Waals surface area contributed by atoms with Crippen LogP contribution in [0.25, 0.3) is 11.2 Å². The molecule has 3 aromatic rings. The second-order valence-electron chi connectivity index (χ2n) is 7.92. The average Bonchev–Trinajstić information content (AvgIpc) is 3.07. The monoisotopic (exact) mass is 397 g/mol. The molecule has 0 unspecified atom stereocenters. The van der Waals surface area contributed by atoms with E-state index in [1.807, 2.05) is 18.2 Å². The minimum absolute atomic E-state index is 0.0755. The Kier molecular flexibility index (Phi) is 5.46. The Morgan fingerprint density at radius 2 is 1.62 bits per heavy atom. The van der Waals surface area contributed by atoms with E-state index >= 15 is 0 Å². The van der Waals surface area contributed by atoms with Crippen LogP contribution in [0.3, 0.4) is 0 Å². The number of para-hydroxylation sites is 1. The molecule has 8 nitrogen and oxygen atoms in total. The molecule has 2 heterocycles. The summed E-state index contributed by atoms with van der Waals surface area (Å²) in [5, 5.41) is 3.04. The number of rotatable bonds is 5. The first-order chi connectivity index (χ1) is 13.6. The molecule has 0 aliphatic carbocycles. The molecule has 154 valence electrons. The first kappa shape index (κ1) is 20.6. The van der Waals surface area contributed by atoms with Crippen molar-refractivity contribution in [2.45, 2.75) is 46.1 Å². The molecule has 0 bridgehead atoms. The topological polar surface area (TPSA) is 90.9 Å². The number of benzene rings is 1. The summed E-state index contributed by atoms with van der Waals surface area (Å²) in [6.07, 6.45) is 1.42. The van der Waals surface area contributed by atoms with E-state index < -0.39 is 11.2 Å². The summed E-state index contributed by atoms with van der Waals surface area (Å²) < 4.78 is 3.80. The fourth-order valence-corrected chi connectivity index (χ4v) is 3.55. The molecule has 8 heteroatoms. The Hall–Kier alpha value is -3.16. The Morgan fingerprint density at radius 3 is 2.17 bits per heavy atom. The predicted octanol–water partition coefficient (Wildman–Crippen LogP) is 2.32. The van der Waals surface area contributed by atoms with Crippen LogP contribution in [-0.4, -0.2) is 24.6 Å². The molecule has 2 aromatic heterocycles. The fourth-order valence-electron chi connectivity index (χ4n) is 3.55. The van der Waals surface area contributed by atoms with Crippen LogP contribution in [0.5, 0.6) is 0 Å². The summed E-state index contributed by atoms with van der Waals surface area (Å²) in [7, 11) is 2.96. The summed E-state index contributed by atoms with van der Waals surface area (Å²) in [6, 6.07) is 6.04. The van der Waals surface area contributed by atoms with E-state index in [0.29, 0.717) is 0 Å². The molecule has 1 aromatic carbocycles. The van der Waals surface area contributed by atoms with Crippen LogP contribution in [0.15, 0.2) is 34.1 Å². The summed E-state index contributed by atoms with van der Waals surface area (Å²) in [5.41, 5.74) is 2.52. The molecule has 0 fully saturated rings. The maximum Gasteiger partial charge on any atom is 0.332 e. The lowest BCUT2D eigenvalue weighted by atomic mass is 9.92. The number of amides is 1. The van der Waals surface area contributed by atoms with E-state index in [9.17, 15) is 14.4 Å². The zero-order valence-corrected chi connectivity index (χ0v) is 17.7. The highest BCUT2D eigenvalue weighted by Gasteiger charge is 2.19. The Balaban J connectivity index is 2.00. The van der Waals surface area contributed by atoms with Crippen LogP contribution in [0, 0.1) is 0 Å². The van der Waals surface area contributed by atoms with E-state index in [1.54, 1.807) is 7.05 Å². The van der Waals surface area contributed by atoms with Crippen LogP contribution < -0.4 is 16.6 Å². The summed E-state index contributed by atoms with van der Waals surface area (Å²) in [5.74, 6) is 0.245. The van der Waals surface area contributed by atoms with Gasteiger partial charge in [-0.3, -0.25) is 18.7 Å². The molecule has 0 radical (unpaired) electrons. The van der Waals surface area contributed by atoms with E-state index in [1.165, 1.54) is 22.5 Å². The normalized spacial score (nSPS) is 11.6. The number of aryl methyl sites for hydroxylation is 1. The van der Waals surface area contributed by atoms with Gasteiger partial charge in [-0.1, -0.05) is 45.9 Å². The SMILES string of the molecule is CC(C)c1cccc(C(C)C)c1NC(=O)Cn1cnc2c1c(=O)n(C)c(=O)n2C. The van der Waals surface area contributed by atoms with Crippen LogP contribution in [0.4, 0.5) is 5.69 Å². The molecule has 0 atom stereocenters. The first-order valence-electron chi connectivity index (χ1n) is 9.67. The molecule has 3 rings (SSSR count). The second kappa shape index (κ2) is 7.69. The number of anilines is 1. The van der Waals surface area contributed by atoms with Crippen LogP contribution in [0.2, 0.25) is 0 Å². The van der Waals surface area contributed by atoms with Crippen LogP contribution >= 0.6 is 0 Å². The molecule has 0 saturated carbocycles. The highest BCUT2D eigenvalue weighted by molar-refractivity contribution is 5.93. The number of aromatic nitrogens is 4. The van der Waals surface area contributed by atoms with Gasteiger partial charge in [-0.25, -0.2) is 9.78 Å². The lowest BCUT2D eigenvalue weighted by Gasteiger charge is -2.20. The van der Waals surface area contributed by atoms with E-state index in [2.05, 4.69) is 38.0 Å². The third kappa shape index (κ3) is 3.62. The van der Waals surface area contributed by atoms with Crippen molar-refractivity contribution in [3.05, 3.63) is 56.5 Å². The van der Waals surface area contributed by atoms with Gasteiger partial charge in [0, 0.05) is 19.8 Å². The maximum absolute atomic E-state index is 12.9. The second-order valence-corrected chi connectivity index (χ2v) is 7.92. The Morgan fingerprint density at radius 1 is 1.03 bits per heavy atom. The number of imidazole rings is 1. The minimum atomic E-state index is -0.473. The van der Waals surface area contributed by atoms with Crippen LogP contribution in [0.1, 0.15) is 50.7 Å². The number of carbonyl (C=O) groups is 1. The number of fused-ring (bicyclic) bond motifs is 1. The molecule has 1 amide bonds. The van der Waals surface area contributed by atoms with Crippen LogP contribution in [-0.2, 0) is 25.4 Å². The van der Waals surface area contributed by atoms with Gasteiger partial charge in [0.25, 0.3) is 5.56 Å². The number of nitrogens with one attached hydrogen (secondary N) is 1. The van der Waals surface area contributed by atoms with Gasteiger partial charge in [0.15, 0.2) is 11.2 Å². The lowest BCUT2D eigenvalue weighted by Crippen LogP contribution is -2.37. The van der Waals surface area contributed by atoms with Gasteiger partial charge in [-0.05, 0) is 23.0 Å². The van der Waals surface area contributed by atoms with Gasteiger partial charge in [0.1, 0.15) is 6.54 Å². The van der Waals surface area contributed by atoms with Crippen molar-refractivity contribution in [3.8, 4) is 0 Å². The van der Waals surface area contributed by atoms with Crippen molar-refractivity contribution < 1.29 is 4.79 Å². The van der Waals surface area contributed by atoms with Gasteiger partial charge in [-0.2, -0.15) is 0 Å². The van der Waals surface area contributed by atoms with Crippen molar-refractivity contribution in [1.29, 1.82) is 0 Å². The number of nitrogens with zero attached hydrogens (tertiary/aromatic N) is 4. The largest absolute Gasteiger partial charge is 0.332 e. The number of hydrogen-bond acceptors (Lipinski definition) is 4. The van der Waals surface area contributed by atoms with Gasteiger partial charge in [0.05, 0.1) is 6.33 Å². The third-order valence-electron chi connectivity index (χ3n) is 5.17. The molecule has 29 heavy (non-hydrogen) atoms. The van der Waals surface area contributed by atoms with E-state index in [0.717, 1.165) is 21.4 Å². The van der Waals surface area contributed by atoms with Gasteiger partial charge in [0.2, 0.25) is 5.91 Å². The molecular formula is C21H27N5O3. The van der Waals surface area contributed by atoms with Gasteiger partial charge < -0.3 is 9.88 Å². The summed E-state index contributed by atoms with van der Waals surface area (Å²) in [4.78, 5) is 41.7. The summed E-state index contributed by atoms with van der Waals surface area (Å²) >= 11 is 0. The predicted molar refractivity (Wildman–Crippen MR) is 113 cm³/mol. The van der Waals surface area contributed by atoms with Crippen molar-refractivity contribution in [3.63, 3.8) is 0 Å². The lowest BCUT2D eigenvalue weighted by molar-refractivity contribution is -0.116. The average molecular weight is 397 g/mol. The number of hydrogen-bond donors (Lipinski definition) is 1. The molecule has 0 aliphatic rings. The minimum Gasteiger partial charge on any atom is -0.324 e. The van der Waals surface area contributed by atoms with E-state index in [4.69, 9.17) is 0 Å². The molecule has 0 saturated heterocycles. The Labute approximate surface area is 168 Å². The van der Waals surface area contributed by atoms with Crippen molar-refractivity contribution >= 4 is 22.8 Å². The van der Waals surface area contributed by atoms with Crippen molar-refractivity contribution in [2.24, 2.45) is 14.1 Å². The van der Waals surface area contributed by atoms with Crippen molar-refractivity contribution in [1.82, 2.24) is 18.7 Å². The van der Waals surface area contributed by atoms with Crippen molar-refractivity contribution in [2.75, 3.05) is 5.32 Å². The standard InChI is InChI=1S/C21H27N5O3/c1-12(2)14-8-7-9-15(13(3)4)17(14)23-16(27)10-26-11-22-19-18(26)20(28)25(6)21(29)24(19)5/h7-9,11-13H,10H2,1-6H3,(H,23,27). The first-order valence-corrected chi connectivity index (χ1v) is 9.67. The molecule has 0 aliphatic heterocycles. The van der Waals surface area contributed by atoms with E-state index in [-0.39, 0.29) is 35.5 Å². The molecule has 1 N–H and O–H groups in total. The fraction of sp³-hybridized carbons (Fsp3) is 0.429. The third-order valence-corrected chi connectivity index (χ3v) is 5.17. The zero-order chi connectivity index (χ0) is 21.5. The summed E-state index contributed by atoms with van der Waals surface area (Å²) in [6.45, 7) is 8.27. The quantitative estimate of drug-likeness (QED) is 0.715. The maximum atomic E-state index is 12.9. The zero-order valence-electron chi connectivity index (χ0n) is 17.7. The highest BCUT2D eigenvalue weighted by Crippen LogP contribution is 2.32. The van der Waals surface area contributed by atoms with Gasteiger partial charge >= 0.3 is 5.69 Å². The number of carbonyl (C=O) groups excluding carboxylic acids is 1. The molecule has 0 spiro atoms. The highest BCUT2D eigenvalue weighted by atomic mass is 16.2. The smallest absolute Gasteiger partial charge is 0.324 e. The van der Waals surface area contributed by atoms with Gasteiger partial charge in [-0.15, -0.1) is 0 Å².